The Morgan fingerprint density at radius 1 is 1.22 bits per heavy atom. The number of hydrogen-bond donors (Lipinski definition) is 2. The molecule has 2 fully saturated rings. The molecular formula is C20H25N5O2. The SMILES string of the molecule is CCC(NC(=O)N1CC2CCC(C2)C1)c1nnc(-c2ccccc2)[nH]c1=O. The maximum Gasteiger partial charge on any atom is 0.317 e. The number of nitrogens with one attached hydrogen (secondary N) is 2. The topological polar surface area (TPSA) is 91.0 Å². The molecule has 1 aliphatic carbocycles. The number of aromatic amines is 1. The third-order valence-corrected chi connectivity index (χ3v) is 5.70. The third kappa shape index (κ3) is 3.72. The number of nitrogens with zero attached hydrogens (tertiary/aromatic N) is 3. The molecule has 7 heteroatoms. The highest BCUT2D eigenvalue weighted by Crippen LogP contribution is 2.36. The van der Waals surface area contributed by atoms with Gasteiger partial charge < -0.3 is 15.2 Å². The normalized spacial score (nSPS) is 22.5. The zero-order valence-corrected chi connectivity index (χ0v) is 15.5. The molecule has 2 aromatic rings. The predicted octanol–water partition coefficient (Wildman–Crippen LogP) is 2.72. The van der Waals surface area contributed by atoms with Gasteiger partial charge in [-0.3, -0.25) is 4.79 Å². The molecule has 4 rings (SSSR count). The average molecular weight is 367 g/mol. The van der Waals surface area contributed by atoms with Gasteiger partial charge in [-0.05, 0) is 37.5 Å². The van der Waals surface area contributed by atoms with E-state index in [-0.39, 0.29) is 17.3 Å². The lowest BCUT2D eigenvalue weighted by Crippen LogP contribution is -2.47. The Morgan fingerprint density at radius 2 is 1.93 bits per heavy atom. The fraction of sp³-hybridized carbons (Fsp3) is 0.500. The summed E-state index contributed by atoms with van der Waals surface area (Å²) in [5, 5.41) is 11.3. The van der Waals surface area contributed by atoms with Crippen molar-refractivity contribution < 1.29 is 4.79 Å². The van der Waals surface area contributed by atoms with E-state index in [1.54, 1.807) is 0 Å². The van der Waals surface area contributed by atoms with E-state index in [9.17, 15) is 9.59 Å². The Labute approximate surface area is 158 Å². The number of hydrogen-bond acceptors (Lipinski definition) is 4. The van der Waals surface area contributed by atoms with Crippen molar-refractivity contribution in [2.45, 2.75) is 38.6 Å². The highest BCUT2D eigenvalue weighted by atomic mass is 16.2. The van der Waals surface area contributed by atoms with E-state index >= 15 is 0 Å². The minimum Gasteiger partial charge on any atom is -0.329 e. The smallest absolute Gasteiger partial charge is 0.317 e. The van der Waals surface area contributed by atoms with Crippen molar-refractivity contribution in [3.8, 4) is 11.4 Å². The molecule has 3 atom stereocenters. The summed E-state index contributed by atoms with van der Waals surface area (Å²) in [6.45, 7) is 3.55. The van der Waals surface area contributed by atoms with Crippen LogP contribution in [0, 0.1) is 11.8 Å². The number of benzene rings is 1. The summed E-state index contributed by atoms with van der Waals surface area (Å²) < 4.78 is 0. The number of aromatic nitrogens is 3. The first-order valence-electron chi connectivity index (χ1n) is 9.71. The molecule has 27 heavy (non-hydrogen) atoms. The van der Waals surface area contributed by atoms with Crippen LogP contribution < -0.4 is 10.9 Å². The van der Waals surface area contributed by atoms with Crippen LogP contribution in [0.3, 0.4) is 0 Å². The Hall–Kier alpha value is -2.70. The summed E-state index contributed by atoms with van der Waals surface area (Å²) >= 11 is 0. The van der Waals surface area contributed by atoms with E-state index in [1.165, 1.54) is 19.3 Å². The largest absolute Gasteiger partial charge is 0.329 e. The van der Waals surface area contributed by atoms with Gasteiger partial charge in [0, 0.05) is 18.7 Å². The van der Waals surface area contributed by atoms with E-state index in [1.807, 2.05) is 42.2 Å². The Bertz CT molecular complexity index is 854. The van der Waals surface area contributed by atoms with E-state index in [0.717, 1.165) is 18.7 Å². The Morgan fingerprint density at radius 3 is 2.56 bits per heavy atom. The van der Waals surface area contributed by atoms with E-state index in [4.69, 9.17) is 0 Å². The van der Waals surface area contributed by atoms with Crippen molar-refractivity contribution in [3.63, 3.8) is 0 Å². The molecule has 0 spiro atoms. The lowest BCUT2D eigenvalue weighted by molar-refractivity contribution is 0.158. The van der Waals surface area contributed by atoms with Gasteiger partial charge in [0.25, 0.3) is 5.56 Å². The third-order valence-electron chi connectivity index (χ3n) is 5.70. The first-order valence-corrected chi connectivity index (χ1v) is 9.71. The maximum absolute atomic E-state index is 12.7. The van der Waals surface area contributed by atoms with Crippen molar-refractivity contribution in [1.82, 2.24) is 25.4 Å². The summed E-state index contributed by atoms with van der Waals surface area (Å²) in [7, 11) is 0. The summed E-state index contributed by atoms with van der Waals surface area (Å²) in [4.78, 5) is 30.0. The summed E-state index contributed by atoms with van der Waals surface area (Å²) in [5.41, 5.74) is 0.745. The van der Waals surface area contributed by atoms with Crippen molar-refractivity contribution in [2.24, 2.45) is 11.8 Å². The van der Waals surface area contributed by atoms with Crippen LogP contribution >= 0.6 is 0 Å². The lowest BCUT2D eigenvalue weighted by atomic mass is 9.99. The van der Waals surface area contributed by atoms with Crippen LogP contribution in [0.2, 0.25) is 0 Å². The quantitative estimate of drug-likeness (QED) is 0.869. The van der Waals surface area contributed by atoms with E-state index in [2.05, 4.69) is 20.5 Å². The standard InChI is InChI=1S/C20H25N5O2/c1-2-16(21-20(27)25-11-13-8-9-14(10-13)12-25)17-19(26)22-18(24-23-17)15-6-4-3-5-7-15/h3-7,13-14,16H,2,8-12H2,1H3,(H,21,27)(H,22,24,26). The predicted molar refractivity (Wildman–Crippen MR) is 102 cm³/mol. The number of H-pyrrole nitrogens is 1. The lowest BCUT2D eigenvalue weighted by Gasteiger charge is -2.32. The molecule has 3 unspecified atom stereocenters. The highest BCUT2D eigenvalue weighted by Gasteiger charge is 2.35. The number of urea groups is 1. The molecule has 1 aromatic carbocycles. The second-order valence-corrected chi connectivity index (χ2v) is 7.61. The maximum atomic E-state index is 12.7. The van der Waals surface area contributed by atoms with E-state index < -0.39 is 6.04 Å². The second kappa shape index (κ2) is 7.50. The van der Waals surface area contributed by atoms with Gasteiger partial charge in [0.2, 0.25) is 0 Å². The zero-order chi connectivity index (χ0) is 18.8. The number of piperidine rings is 1. The highest BCUT2D eigenvalue weighted by molar-refractivity contribution is 5.74. The van der Waals surface area contributed by atoms with E-state index in [0.29, 0.717) is 24.1 Å². The summed E-state index contributed by atoms with van der Waals surface area (Å²) in [6, 6.07) is 8.84. The minimum atomic E-state index is -0.446. The van der Waals surface area contributed by atoms with Crippen LogP contribution in [0.4, 0.5) is 4.79 Å². The van der Waals surface area contributed by atoms with Crippen LogP contribution in [0.5, 0.6) is 0 Å². The Kier molecular flexibility index (Phi) is 4.92. The molecule has 2 bridgehead atoms. The molecule has 2 aliphatic rings. The Balaban J connectivity index is 1.49. The minimum absolute atomic E-state index is 0.105. The number of fused-ring (bicyclic) bond motifs is 2. The molecule has 142 valence electrons. The van der Waals surface area contributed by atoms with Crippen molar-refractivity contribution in [3.05, 3.63) is 46.4 Å². The monoisotopic (exact) mass is 367 g/mol. The van der Waals surface area contributed by atoms with Crippen molar-refractivity contribution in [1.29, 1.82) is 0 Å². The van der Waals surface area contributed by atoms with Crippen LogP contribution in [-0.4, -0.2) is 39.2 Å². The number of carbonyl (C=O) groups is 1. The number of likely N-dealkylation sites (tertiary alicyclic amines) is 1. The molecule has 2 N–H and O–H groups in total. The van der Waals surface area contributed by atoms with Gasteiger partial charge in [0.15, 0.2) is 11.5 Å². The summed E-state index contributed by atoms with van der Waals surface area (Å²) in [5.74, 6) is 1.68. The van der Waals surface area contributed by atoms with Gasteiger partial charge in [-0.1, -0.05) is 37.3 Å². The van der Waals surface area contributed by atoms with Gasteiger partial charge in [0.05, 0.1) is 6.04 Å². The zero-order valence-electron chi connectivity index (χ0n) is 15.5. The first kappa shape index (κ1) is 17.7. The molecule has 2 heterocycles. The van der Waals surface area contributed by atoms with Crippen LogP contribution in [0.1, 0.15) is 44.3 Å². The molecule has 1 aliphatic heterocycles. The van der Waals surface area contributed by atoms with Gasteiger partial charge in [-0.15, -0.1) is 10.2 Å². The number of carbonyl (C=O) groups excluding carboxylic acids is 1. The molecule has 7 nitrogen and oxygen atoms in total. The number of amides is 2. The van der Waals surface area contributed by atoms with Gasteiger partial charge in [0.1, 0.15) is 0 Å². The van der Waals surface area contributed by atoms with Gasteiger partial charge in [-0.2, -0.15) is 0 Å². The van der Waals surface area contributed by atoms with Crippen LogP contribution in [0.15, 0.2) is 35.1 Å². The van der Waals surface area contributed by atoms with Crippen LogP contribution in [-0.2, 0) is 0 Å². The molecule has 1 saturated heterocycles. The molecule has 1 aromatic heterocycles. The van der Waals surface area contributed by atoms with Crippen molar-refractivity contribution >= 4 is 6.03 Å². The molecule has 1 saturated carbocycles. The molecule has 2 amide bonds. The fourth-order valence-electron chi connectivity index (χ4n) is 4.28. The molecular weight excluding hydrogens is 342 g/mol. The second-order valence-electron chi connectivity index (χ2n) is 7.61. The molecule has 0 radical (unpaired) electrons. The van der Waals surface area contributed by atoms with Gasteiger partial charge >= 0.3 is 6.03 Å². The fourth-order valence-corrected chi connectivity index (χ4v) is 4.28. The average Bonchev–Trinajstić information content (AvgIpc) is 3.04. The first-order chi connectivity index (χ1) is 13.1. The van der Waals surface area contributed by atoms with Crippen molar-refractivity contribution in [2.75, 3.05) is 13.1 Å². The van der Waals surface area contributed by atoms with Crippen LogP contribution in [0.25, 0.3) is 11.4 Å². The summed E-state index contributed by atoms with van der Waals surface area (Å²) in [6.07, 6.45) is 4.26. The number of rotatable bonds is 4. The van der Waals surface area contributed by atoms with Gasteiger partial charge in [-0.25, -0.2) is 4.79 Å².